The average molecular weight is 266 g/mol. The van der Waals surface area contributed by atoms with Gasteiger partial charge < -0.3 is 10.0 Å². The van der Waals surface area contributed by atoms with E-state index in [9.17, 15) is 4.79 Å². The van der Waals surface area contributed by atoms with Gasteiger partial charge in [-0.3, -0.25) is 4.79 Å². The minimum atomic E-state index is -0.666. The van der Waals surface area contributed by atoms with Crippen molar-refractivity contribution in [3.63, 3.8) is 0 Å². The Bertz CT molecular complexity index is 434. The fraction of sp³-hybridized carbons (Fsp3) is 0.692. The molecule has 1 atom stereocenters. The van der Waals surface area contributed by atoms with Crippen LogP contribution in [-0.2, 0) is 17.6 Å². The van der Waals surface area contributed by atoms with Gasteiger partial charge in [0.1, 0.15) is 0 Å². The minimum absolute atomic E-state index is 0.223. The SMILES string of the molecule is O=C(O)C1CCCN(c2nc3c(s2)CCCC3)C1. The molecule has 2 heterocycles. The molecule has 5 heteroatoms. The summed E-state index contributed by atoms with van der Waals surface area (Å²) < 4.78 is 0. The van der Waals surface area contributed by atoms with E-state index >= 15 is 0 Å². The summed E-state index contributed by atoms with van der Waals surface area (Å²) in [7, 11) is 0. The van der Waals surface area contributed by atoms with E-state index in [1.165, 1.54) is 23.4 Å². The van der Waals surface area contributed by atoms with E-state index in [4.69, 9.17) is 10.1 Å². The van der Waals surface area contributed by atoms with Crippen LogP contribution < -0.4 is 4.90 Å². The van der Waals surface area contributed by atoms with Crippen molar-refractivity contribution in [1.82, 2.24) is 4.98 Å². The van der Waals surface area contributed by atoms with Gasteiger partial charge in [0.15, 0.2) is 5.13 Å². The Hall–Kier alpha value is -1.10. The van der Waals surface area contributed by atoms with Crippen LogP contribution in [0.4, 0.5) is 5.13 Å². The third-order valence-corrected chi connectivity index (χ3v) is 5.09. The van der Waals surface area contributed by atoms with Crippen molar-refractivity contribution in [1.29, 1.82) is 0 Å². The summed E-state index contributed by atoms with van der Waals surface area (Å²) in [4.78, 5) is 19.4. The number of aromatic nitrogens is 1. The number of nitrogens with zero attached hydrogens (tertiary/aromatic N) is 2. The molecule has 0 amide bonds. The second kappa shape index (κ2) is 4.88. The van der Waals surface area contributed by atoms with Crippen molar-refractivity contribution in [2.75, 3.05) is 18.0 Å². The second-order valence-electron chi connectivity index (χ2n) is 5.20. The molecule has 1 aliphatic carbocycles. The predicted octanol–water partition coefficient (Wildman–Crippen LogP) is 2.32. The number of carboxylic acids is 1. The molecule has 1 unspecified atom stereocenters. The Labute approximate surface area is 111 Å². The Balaban J connectivity index is 1.77. The molecule has 1 aromatic heterocycles. The van der Waals surface area contributed by atoms with Gasteiger partial charge in [0, 0.05) is 18.0 Å². The van der Waals surface area contributed by atoms with Gasteiger partial charge >= 0.3 is 5.97 Å². The van der Waals surface area contributed by atoms with Crippen LogP contribution in [0.15, 0.2) is 0 Å². The summed E-state index contributed by atoms with van der Waals surface area (Å²) in [5.74, 6) is -0.888. The molecule has 0 radical (unpaired) electrons. The third-order valence-electron chi connectivity index (χ3n) is 3.88. The zero-order valence-corrected chi connectivity index (χ0v) is 11.2. The average Bonchev–Trinajstić information content (AvgIpc) is 2.82. The number of piperidine rings is 1. The number of anilines is 1. The Kier molecular flexibility index (Phi) is 3.24. The van der Waals surface area contributed by atoms with Crippen LogP contribution >= 0.6 is 11.3 Å². The summed E-state index contributed by atoms with van der Waals surface area (Å²) in [6.07, 6.45) is 6.53. The van der Waals surface area contributed by atoms with Crippen LogP contribution in [0.1, 0.15) is 36.3 Å². The Morgan fingerprint density at radius 3 is 2.94 bits per heavy atom. The number of hydrogen-bond acceptors (Lipinski definition) is 4. The fourth-order valence-corrected chi connectivity index (χ4v) is 4.01. The smallest absolute Gasteiger partial charge is 0.308 e. The maximum Gasteiger partial charge on any atom is 0.308 e. The highest BCUT2D eigenvalue weighted by Gasteiger charge is 2.28. The monoisotopic (exact) mass is 266 g/mol. The molecule has 1 aliphatic heterocycles. The fourth-order valence-electron chi connectivity index (χ4n) is 2.83. The molecule has 18 heavy (non-hydrogen) atoms. The van der Waals surface area contributed by atoms with Crippen molar-refractivity contribution >= 4 is 22.4 Å². The number of carboxylic acid groups (broad SMARTS) is 1. The maximum atomic E-state index is 11.1. The molecular weight excluding hydrogens is 248 g/mol. The van der Waals surface area contributed by atoms with Gasteiger partial charge in [-0.25, -0.2) is 4.98 Å². The second-order valence-corrected chi connectivity index (χ2v) is 6.26. The van der Waals surface area contributed by atoms with Gasteiger partial charge in [-0.2, -0.15) is 0 Å². The lowest BCUT2D eigenvalue weighted by molar-refractivity contribution is -0.141. The highest BCUT2D eigenvalue weighted by atomic mass is 32.1. The highest BCUT2D eigenvalue weighted by molar-refractivity contribution is 7.15. The molecule has 2 aliphatic rings. The van der Waals surface area contributed by atoms with Crippen molar-refractivity contribution in [3.8, 4) is 0 Å². The molecule has 0 spiro atoms. The molecule has 1 N–H and O–H groups in total. The van der Waals surface area contributed by atoms with E-state index in [2.05, 4.69) is 4.90 Å². The van der Waals surface area contributed by atoms with Gasteiger partial charge in [-0.15, -0.1) is 11.3 Å². The van der Waals surface area contributed by atoms with E-state index in [0.29, 0.717) is 6.54 Å². The maximum absolute atomic E-state index is 11.1. The van der Waals surface area contributed by atoms with E-state index in [-0.39, 0.29) is 5.92 Å². The summed E-state index contributed by atoms with van der Waals surface area (Å²) in [6, 6.07) is 0. The number of aryl methyl sites for hydroxylation is 2. The van der Waals surface area contributed by atoms with Crippen molar-refractivity contribution in [2.24, 2.45) is 5.92 Å². The Morgan fingerprint density at radius 2 is 2.17 bits per heavy atom. The minimum Gasteiger partial charge on any atom is -0.481 e. The van der Waals surface area contributed by atoms with Gasteiger partial charge in [0.05, 0.1) is 11.6 Å². The Morgan fingerprint density at radius 1 is 1.33 bits per heavy atom. The van der Waals surface area contributed by atoms with Gasteiger partial charge in [-0.05, 0) is 38.5 Å². The van der Waals surface area contributed by atoms with Crippen molar-refractivity contribution < 1.29 is 9.90 Å². The van der Waals surface area contributed by atoms with Gasteiger partial charge in [0.25, 0.3) is 0 Å². The zero-order valence-electron chi connectivity index (χ0n) is 10.4. The van der Waals surface area contributed by atoms with Crippen LogP contribution in [0.2, 0.25) is 0 Å². The van der Waals surface area contributed by atoms with E-state index in [1.54, 1.807) is 11.3 Å². The first kappa shape index (κ1) is 12.0. The van der Waals surface area contributed by atoms with E-state index in [1.807, 2.05) is 0 Å². The molecule has 1 aromatic rings. The third kappa shape index (κ3) is 2.23. The predicted molar refractivity (Wildman–Crippen MR) is 71.3 cm³/mol. The van der Waals surface area contributed by atoms with Crippen molar-refractivity contribution in [2.45, 2.75) is 38.5 Å². The molecule has 4 nitrogen and oxygen atoms in total. The van der Waals surface area contributed by atoms with Crippen LogP contribution in [0.3, 0.4) is 0 Å². The molecule has 3 rings (SSSR count). The number of rotatable bonds is 2. The summed E-state index contributed by atoms with van der Waals surface area (Å²) in [6.45, 7) is 1.58. The molecule has 0 saturated carbocycles. The lowest BCUT2D eigenvalue weighted by Crippen LogP contribution is -2.38. The molecule has 98 valence electrons. The number of thiazole rings is 1. The number of carbonyl (C=O) groups is 1. The summed E-state index contributed by atoms with van der Waals surface area (Å²) in [5.41, 5.74) is 1.26. The molecular formula is C13H18N2O2S. The number of fused-ring (bicyclic) bond motifs is 1. The summed E-state index contributed by atoms with van der Waals surface area (Å²) >= 11 is 1.78. The van der Waals surface area contributed by atoms with Gasteiger partial charge in [-0.1, -0.05) is 0 Å². The summed E-state index contributed by atoms with van der Waals surface area (Å²) in [5, 5.41) is 10.2. The molecule has 1 fully saturated rings. The first-order valence-electron chi connectivity index (χ1n) is 6.70. The van der Waals surface area contributed by atoms with E-state index < -0.39 is 5.97 Å². The van der Waals surface area contributed by atoms with Crippen molar-refractivity contribution in [3.05, 3.63) is 10.6 Å². The van der Waals surface area contributed by atoms with Crippen LogP contribution in [0.25, 0.3) is 0 Å². The topological polar surface area (TPSA) is 53.4 Å². The first-order valence-corrected chi connectivity index (χ1v) is 7.52. The quantitative estimate of drug-likeness (QED) is 0.892. The lowest BCUT2D eigenvalue weighted by Gasteiger charge is -2.30. The lowest BCUT2D eigenvalue weighted by atomic mass is 9.99. The van der Waals surface area contributed by atoms with Crippen LogP contribution in [-0.4, -0.2) is 29.1 Å². The normalized spacial score (nSPS) is 23.8. The van der Waals surface area contributed by atoms with Crippen LogP contribution in [0, 0.1) is 5.92 Å². The number of aliphatic carboxylic acids is 1. The zero-order chi connectivity index (χ0) is 12.5. The van der Waals surface area contributed by atoms with E-state index in [0.717, 1.165) is 37.4 Å². The number of hydrogen-bond donors (Lipinski definition) is 1. The highest BCUT2D eigenvalue weighted by Crippen LogP contribution is 2.33. The molecule has 0 bridgehead atoms. The standard InChI is InChI=1S/C13H18N2O2S/c16-12(17)9-4-3-7-15(8-9)13-14-10-5-1-2-6-11(10)18-13/h9H,1-8H2,(H,16,17). The molecule has 0 aromatic carbocycles. The molecule has 1 saturated heterocycles. The van der Waals surface area contributed by atoms with Crippen LogP contribution in [0.5, 0.6) is 0 Å². The first-order chi connectivity index (χ1) is 8.74. The largest absolute Gasteiger partial charge is 0.481 e. The van der Waals surface area contributed by atoms with Gasteiger partial charge in [0.2, 0.25) is 0 Å².